The van der Waals surface area contributed by atoms with E-state index < -0.39 is 0 Å². The van der Waals surface area contributed by atoms with Crippen LogP contribution in [-0.4, -0.2) is 47.6 Å². The summed E-state index contributed by atoms with van der Waals surface area (Å²) in [5.41, 5.74) is 0. The molecule has 1 fully saturated rings. The van der Waals surface area contributed by atoms with Crippen LogP contribution in [0.5, 0.6) is 5.75 Å². The van der Waals surface area contributed by atoms with Crippen LogP contribution in [-0.2, 0) is 4.79 Å². The second-order valence-electron chi connectivity index (χ2n) is 5.41. The van der Waals surface area contributed by atoms with Gasteiger partial charge in [-0.2, -0.15) is 0 Å². The molecule has 0 aromatic carbocycles. The van der Waals surface area contributed by atoms with Crippen molar-refractivity contribution in [3.05, 3.63) is 24.5 Å². The number of aromatic nitrogens is 1. The fraction of sp³-hybridized carbons (Fsp3) is 0.600. The van der Waals surface area contributed by atoms with E-state index in [9.17, 15) is 4.79 Å². The summed E-state index contributed by atoms with van der Waals surface area (Å²) in [5, 5.41) is 3.43. The van der Waals surface area contributed by atoms with Gasteiger partial charge in [0.1, 0.15) is 5.75 Å². The number of ether oxygens (including phenoxy) is 1. The van der Waals surface area contributed by atoms with Crippen LogP contribution in [0, 0.1) is 0 Å². The first-order valence-corrected chi connectivity index (χ1v) is 7.22. The van der Waals surface area contributed by atoms with Crippen LogP contribution in [0.1, 0.15) is 26.7 Å². The summed E-state index contributed by atoms with van der Waals surface area (Å²) < 4.78 is 5.54. The number of rotatable bonds is 5. The quantitative estimate of drug-likeness (QED) is 0.828. The van der Waals surface area contributed by atoms with Crippen LogP contribution >= 0.6 is 0 Å². The van der Waals surface area contributed by atoms with Gasteiger partial charge in [-0.15, -0.1) is 0 Å². The fourth-order valence-corrected chi connectivity index (χ4v) is 2.53. The molecule has 2 heterocycles. The van der Waals surface area contributed by atoms with Crippen LogP contribution in [0.3, 0.4) is 0 Å². The van der Waals surface area contributed by atoms with Gasteiger partial charge in [0.15, 0.2) is 0 Å². The van der Waals surface area contributed by atoms with E-state index in [1.165, 1.54) is 0 Å². The number of nitrogens with one attached hydrogen (secondary N) is 1. The summed E-state index contributed by atoms with van der Waals surface area (Å²) >= 11 is 0. The molecule has 1 amide bonds. The van der Waals surface area contributed by atoms with Gasteiger partial charge in [-0.3, -0.25) is 9.78 Å². The number of amides is 1. The maximum absolute atomic E-state index is 12.1. The van der Waals surface area contributed by atoms with Crippen molar-refractivity contribution in [2.24, 2.45) is 0 Å². The van der Waals surface area contributed by atoms with Crippen molar-refractivity contribution in [2.75, 3.05) is 19.7 Å². The lowest BCUT2D eigenvalue weighted by molar-refractivity contribution is -0.133. The highest BCUT2D eigenvalue weighted by Gasteiger charge is 2.24. The number of pyridine rings is 1. The highest BCUT2D eigenvalue weighted by molar-refractivity contribution is 5.76. The normalized spacial score (nSPS) is 22.6. The lowest BCUT2D eigenvalue weighted by Crippen LogP contribution is -2.55. The minimum Gasteiger partial charge on any atom is -0.492 e. The molecule has 0 bridgehead atoms. The highest BCUT2D eigenvalue weighted by Crippen LogP contribution is 2.09. The van der Waals surface area contributed by atoms with Gasteiger partial charge in [-0.05, 0) is 32.4 Å². The van der Waals surface area contributed by atoms with Gasteiger partial charge in [0, 0.05) is 37.8 Å². The molecule has 1 saturated heterocycles. The molecule has 0 aliphatic carbocycles. The number of nitrogens with zero attached hydrogens (tertiary/aromatic N) is 2. The van der Waals surface area contributed by atoms with Crippen LogP contribution < -0.4 is 10.1 Å². The van der Waals surface area contributed by atoms with Gasteiger partial charge >= 0.3 is 0 Å². The van der Waals surface area contributed by atoms with Crippen molar-refractivity contribution in [1.29, 1.82) is 0 Å². The zero-order chi connectivity index (χ0) is 14.4. The Bertz CT molecular complexity index is 414. The molecule has 0 radical (unpaired) electrons. The zero-order valence-corrected chi connectivity index (χ0v) is 12.2. The standard InChI is InChI=1S/C15H23N3O2/c1-12-10-18(11-13(2)17-12)15(19)6-4-8-20-14-5-3-7-16-9-14/h3,5,7,9,12-13,17H,4,6,8,10-11H2,1-2H3. The molecular formula is C15H23N3O2. The van der Waals surface area contributed by atoms with Gasteiger partial charge in [0.05, 0.1) is 12.8 Å². The van der Waals surface area contributed by atoms with Crippen molar-refractivity contribution in [3.63, 3.8) is 0 Å². The average Bonchev–Trinajstić information content (AvgIpc) is 2.43. The van der Waals surface area contributed by atoms with Crippen LogP contribution in [0.25, 0.3) is 0 Å². The van der Waals surface area contributed by atoms with Crippen LogP contribution in [0.2, 0.25) is 0 Å². The summed E-state index contributed by atoms with van der Waals surface area (Å²) in [5.74, 6) is 0.976. The van der Waals surface area contributed by atoms with E-state index in [0.29, 0.717) is 25.1 Å². The van der Waals surface area contributed by atoms with E-state index in [1.807, 2.05) is 17.0 Å². The summed E-state index contributed by atoms with van der Waals surface area (Å²) in [6.45, 7) is 6.37. The molecule has 0 saturated carbocycles. The molecule has 2 unspecified atom stereocenters. The lowest BCUT2D eigenvalue weighted by Gasteiger charge is -2.36. The molecule has 20 heavy (non-hydrogen) atoms. The summed E-state index contributed by atoms with van der Waals surface area (Å²) in [4.78, 5) is 18.1. The first kappa shape index (κ1) is 14.8. The molecule has 2 atom stereocenters. The molecule has 0 spiro atoms. The Kier molecular flexibility index (Phi) is 5.35. The molecule has 1 aromatic rings. The SMILES string of the molecule is CC1CN(C(=O)CCCOc2cccnc2)CC(C)N1. The smallest absolute Gasteiger partial charge is 0.222 e. The third kappa shape index (κ3) is 4.49. The monoisotopic (exact) mass is 277 g/mol. The maximum atomic E-state index is 12.1. The Morgan fingerprint density at radius 3 is 2.85 bits per heavy atom. The predicted octanol–water partition coefficient (Wildman–Crippen LogP) is 1.45. The molecule has 110 valence electrons. The van der Waals surface area contributed by atoms with Gasteiger partial charge in [-0.1, -0.05) is 0 Å². The van der Waals surface area contributed by atoms with Crippen molar-refractivity contribution in [2.45, 2.75) is 38.8 Å². The van der Waals surface area contributed by atoms with Crippen LogP contribution in [0.15, 0.2) is 24.5 Å². The topological polar surface area (TPSA) is 54.5 Å². The zero-order valence-electron chi connectivity index (χ0n) is 12.2. The average molecular weight is 277 g/mol. The minimum atomic E-state index is 0.222. The largest absolute Gasteiger partial charge is 0.492 e. The van der Waals surface area contributed by atoms with Crippen molar-refractivity contribution >= 4 is 5.91 Å². The summed E-state index contributed by atoms with van der Waals surface area (Å²) in [6, 6.07) is 4.45. The first-order valence-electron chi connectivity index (χ1n) is 7.22. The molecule has 1 aliphatic heterocycles. The van der Waals surface area contributed by atoms with Gasteiger partial charge < -0.3 is 15.0 Å². The second-order valence-corrected chi connectivity index (χ2v) is 5.41. The summed E-state index contributed by atoms with van der Waals surface area (Å²) in [7, 11) is 0. The maximum Gasteiger partial charge on any atom is 0.222 e. The van der Waals surface area contributed by atoms with Gasteiger partial charge in [0.2, 0.25) is 5.91 Å². The molecule has 5 nitrogen and oxygen atoms in total. The third-order valence-electron chi connectivity index (χ3n) is 3.35. The Balaban J connectivity index is 1.67. The molecule has 1 N–H and O–H groups in total. The van der Waals surface area contributed by atoms with E-state index in [1.54, 1.807) is 12.4 Å². The third-order valence-corrected chi connectivity index (χ3v) is 3.35. The van der Waals surface area contributed by atoms with E-state index in [2.05, 4.69) is 24.1 Å². The van der Waals surface area contributed by atoms with E-state index >= 15 is 0 Å². The highest BCUT2D eigenvalue weighted by atomic mass is 16.5. The Morgan fingerprint density at radius 1 is 1.45 bits per heavy atom. The van der Waals surface area contributed by atoms with Crippen molar-refractivity contribution < 1.29 is 9.53 Å². The number of carbonyl (C=O) groups is 1. The Labute approximate surface area is 120 Å². The molecule has 2 rings (SSSR count). The lowest BCUT2D eigenvalue weighted by atomic mass is 10.1. The number of piperazine rings is 1. The van der Waals surface area contributed by atoms with E-state index in [0.717, 1.165) is 25.3 Å². The molecule has 1 aliphatic rings. The number of hydrogen-bond acceptors (Lipinski definition) is 4. The van der Waals surface area contributed by atoms with Gasteiger partial charge in [-0.25, -0.2) is 0 Å². The molecule has 1 aromatic heterocycles. The Hall–Kier alpha value is -1.62. The molecule has 5 heteroatoms. The minimum absolute atomic E-state index is 0.222. The molecular weight excluding hydrogens is 254 g/mol. The van der Waals surface area contributed by atoms with E-state index in [4.69, 9.17) is 4.74 Å². The van der Waals surface area contributed by atoms with Crippen LogP contribution in [0.4, 0.5) is 0 Å². The predicted molar refractivity (Wildman–Crippen MR) is 77.6 cm³/mol. The Morgan fingerprint density at radius 2 is 2.20 bits per heavy atom. The van der Waals surface area contributed by atoms with Crippen molar-refractivity contribution in [3.8, 4) is 5.75 Å². The van der Waals surface area contributed by atoms with Gasteiger partial charge in [0.25, 0.3) is 0 Å². The second kappa shape index (κ2) is 7.24. The number of hydrogen-bond donors (Lipinski definition) is 1. The van der Waals surface area contributed by atoms with E-state index in [-0.39, 0.29) is 5.91 Å². The first-order chi connectivity index (χ1) is 9.65. The van der Waals surface area contributed by atoms with Crippen molar-refractivity contribution in [1.82, 2.24) is 15.2 Å². The summed E-state index contributed by atoms with van der Waals surface area (Å²) in [6.07, 6.45) is 4.67. The fourth-order valence-electron chi connectivity index (χ4n) is 2.53. The number of carbonyl (C=O) groups excluding carboxylic acids is 1.